The molecule has 0 aliphatic carbocycles. The summed E-state index contributed by atoms with van der Waals surface area (Å²) < 4.78 is 14.2. The average molecular weight is 160 g/mol. The Balaban J connectivity index is 4.13. The van der Waals surface area contributed by atoms with E-state index in [1.54, 1.807) is 6.92 Å². The molecule has 0 aliphatic rings. The average Bonchev–Trinajstić information content (AvgIpc) is 2.00. The van der Waals surface area contributed by atoms with E-state index in [1.165, 1.54) is 14.2 Å². The van der Waals surface area contributed by atoms with Gasteiger partial charge >= 0.3 is 0 Å². The molecule has 0 N–H and O–H groups in total. The Labute approximate surface area is 65.7 Å². The summed E-state index contributed by atoms with van der Waals surface area (Å²) in [7, 11) is 3.03. The second-order valence-electron chi connectivity index (χ2n) is 1.83. The van der Waals surface area contributed by atoms with E-state index >= 15 is 0 Å². The molecule has 0 spiro atoms. The summed E-state index contributed by atoms with van der Waals surface area (Å²) >= 11 is 0. The first-order valence-corrected chi connectivity index (χ1v) is 3.09. The van der Waals surface area contributed by atoms with Crippen molar-refractivity contribution in [2.75, 3.05) is 20.8 Å². The smallest absolute Gasteiger partial charge is 0.298 e. The summed E-state index contributed by atoms with van der Waals surface area (Å²) in [6.07, 6.45) is 0. The van der Waals surface area contributed by atoms with Crippen LogP contribution in [0.15, 0.2) is 11.5 Å². The maximum absolute atomic E-state index is 9.89. The van der Waals surface area contributed by atoms with Crippen LogP contribution >= 0.6 is 0 Å². The van der Waals surface area contributed by atoms with Gasteiger partial charge in [0, 0.05) is 7.11 Å². The SMILES string of the molecule is COC/C(OC)=C(\C)OC=O. The number of allylic oxidation sites excluding steroid dienone is 1. The molecule has 0 amide bonds. The van der Waals surface area contributed by atoms with E-state index in [9.17, 15) is 4.79 Å². The van der Waals surface area contributed by atoms with Crippen molar-refractivity contribution in [1.29, 1.82) is 0 Å². The number of carbonyl (C=O) groups is 1. The van der Waals surface area contributed by atoms with Gasteiger partial charge in [0.05, 0.1) is 7.11 Å². The van der Waals surface area contributed by atoms with Crippen molar-refractivity contribution in [3.8, 4) is 0 Å². The van der Waals surface area contributed by atoms with E-state index in [0.717, 1.165) is 0 Å². The van der Waals surface area contributed by atoms with Gasteiger partial charge in [0.25, 0.3) is 6.47 Å². The molecule has 4 nitrogen and oxygen atoms in total. The monoisotopic (exact) mass is 160 g/mol. The van der Waals surface area contributed by atoms with Crippen LogP contribution in [0.2, 0.25) is 0 Å². The van der Waals surface area contributed by atoms with Gasteiger partial charge in [-0.15, -0.1) is 0 Å². The Morgan fingerprint density at radius 3 is 2.45 bits per heavy atom. The van der Waals surface area contributed by atoms with Crippen molar-refractivity contribution >= 4 is 6.47 Å². The minimum Gasteiger partial charge on any atom is -0.495 e. The number of methoxy groups -OCH3 is 2. The molecule has 0 bridgehead atoms. The predicted octanol–water partition coefficient (Wildman–Crippen LogP) is 0.684. The molecule has 0 aromatic carbocycles. The van der Waals surface area contributed by atoms with Crippen LogP contribution < -0.4 is 0 Å². The summed E-state index contributed by atoms with van der Waals surface area (Å²) in [6.45, 7) is 2.28. The van der Waals surface area contributed by atoms with Gasteiger partial charge in [0.2, 0.25) is 0 Å². The molecule has 0 aromatic heterocycles. The zero-order valence-electron chi connectivity index (χ0n) is 6.92. The fourth-order valence-corrected chi connectivity index (χ4v) is 0.573. The van der Waals surface area contributed by atoms with Crippen LogP contribution in [0, 0.1) is 0 Å². The van der Waals surface area contributed by atoms with Gasteiger partial charge in [0.1, 0.15) is 12.4 Å². The Kier molecular flexibility index (Phi) is 5.20. The summed E-state index contributed by atoms with van der Waals surface area (Å²) in [5.41, 5.74) is 0. The van der Waals surface area contributed by atoms with Gasteiger partial charge in [-0.1, -0.05) is 0 Å². The fraction of sp³-hybridized carbons (Fsp3) is 0.571. The highest BCUT2D eigenvalue weighted by Crippen LogP contribution is 2.04. The van der Waals surface area contributed by atoms with Gasteiger partial charge in [0.15, 0.2) is 5.76 Å². The molecule has 0 saturated carbocycles. The molecule has 64 valence electrons. The predicted molar refractivity (Wildman–Crippen MR) is 38.7 cm³/mol. The van der Waals surface area contributed by atoms with Crippen LogP contribution in [0.4, 0.5) is 0 Å². The van der Waals surface area contributed by atoms with Gasteiger partial charge in [-0.2, -0.15) is 0 Å². The number of carbonyl (C=O) groups excluding carboxylic acids is 1. The zero-order chi connectivity index (χ0) is 8.69. The number of rotatable bonds is 5. The number of hydrogen-bond acceptors (Lipinski definition) is 4. The molecular formula is C7H12O4. The lowest BCUT2D eigenvalue weighted by molar-refractivity contribution is -0.125. The minimum atomic E-state index is 0.302. The quantitative estimate of drug-likeness (QED) is 0.438. The maximum atomic E-state index is 9.89. The molecule has 0 aliphatic heterocycles. The lowest BCUT2D eigenvalue weighted by Gasteiger charge is -2.07. The number of ether oxygens (including phenoxy) is 3. The Hall–Kier alpha value is -1.03. The van der Waals surface area contributed by atoms with Crippen molar-refractivity contribution in [1.82, 2.24) is 0 Å². The first-order chi connectivity index (χ1) is 5.26. The third-order valence-corrected chi connectivity index (χ3v) is 1.14. The van der Waals surface area contributed by atoms with Crippen molar-refractivity contribution in [2.45, 2.75) is 6.92 Å². The first-order valence-electron chi connectivity index (χ1n) is 3.09. The van der Waals surface area contributed by atoms with Crippen LogP contribution in [0.3, 0.4) is 0 Å². The van der Waals surface area contributed by atoms with Gasteiger partial charge in [-0.25, -0.2) is 0 Å². The summed E-state index contributed by atoms with van der Waals surface area (Å²) in [5, 5.41) is 0. The molecule has 0 aromatic rings. The summed E-state index contributed by atoms with van der Waals surface area (Å²) in [6, 6.07) is 0. The van der Waals surface area contributed by atoms with E-state index in [1.807, 2.05) is 0 Å². The Morgan fingerprint density at radius 2 is 2.09 bits per heavy atom. The third kappa shape index (κ3) is 3.62. The fourth-order valence-electron chi connectivity index (χ4n) is 0.573. The van der Waals surface area contributed by atoms with E-state index in [4.69, 9.17) is 9.47 Å². The van der Waals surface area contributed by atoms with Crippen molar-refractivity contribution in [3.05, 3.63) is 11.5 Å². The van der Waals surface area contributed by atoms with Crippen LogP contribution in [-0.2, 0) is 19.0 Å². The standard InChI is InChI=1S/C7H12O4/c1-6(11-5-8)7(10-3)4-9-2/h5H,4H2,1-3H3/b7-6-. The third-order valence-electron chi connectivity index (χ3n) is 1.14. The molecule has 11 heavy (non-hydrogen) atoms. The zero-order valence-corrected chi connectivity index (χ0v) is 6.92. The van der Waals surface area contributed by atoms with Crippen LogP contribution in [-0.4, -0.2) is 27.3 Å². The molecule has 0 rings (SSSR count). The Bertz CT molecular complexity index is 151. The summed E-state index contributed by atoms with van der Waals surface area (Å²) in [4.78, 5) is 9.89. The van der Waals surface area contributed by atoms with Gasteiger partial charge in [-0.3, -0.25) is 4.79 Å². The largest absolute Gasteiger partial charge is 0.495 e. The van der Waals surface area contributed by atoms with Gasteiger partial charge < -0.3 is 14.2 Å². The van der Waals surface area contributed by atoms with E-state index in [0.29, 0.717) is 24.6 Å². The normalized spacial score (nSPS) is 11.9. The van der Waals surface area contributed by atoms with E-state index in [-0.39, 0.29) is 0 Å². The molecule has 0 saturated heterocycles. The highest BCUT2D eigenvalue weighted by molar-refractivity contribution is 5.39. The molecule has 0 fully saturated rings. The molecule has 4 heteroatoms. The van der Waals surface area contributed by atoms with Crippen molar-refractivity contribution < 1.29 is 19.0 Å². The second-order valence-corrected chi connectivity index (χ2v) is 1.83. The highest BCUT2D eigenvalue weighted by Gasteiger charge is 2.02. The lowest BCUT2D eigenvalue weighted by Crippen LogP contribution is -2.02. The van der Waals surface area contributed by atoms with Crippen molar-refractivity contribution in [2.24, 2.45) is 0 Å². The van der Waals surface area contributed by atoms with Crippen LogP contribution in [0.1, 0.15) is 6.92 Å². The second kappa shape index (κ2) is 5.73. The lowest BCUT2D eigenvalue weighted by atomic mass is 10.4. The molecule has 0 atom stereocenters. The van der Waals surface area contributed by atoms with E-state index < -0.39 is 0 Å². The molecule has 0 radical (unpaired) electrons. The Morgan fingerprint density at radius 1 is 1.45 bits per heavy atom. The first kappa shape index (κ1) is 9.97. The molecule has 0 heterocycles. The molecule has 0 unspecified atom stereocenters. The molecular weight excluding hydrogens is 148 g/mol. The minimum absolute atomic E-state index is 0.302. The highest BCUT2D eigenvalue weighted by atomic mass is 16.6. The van der Waals surface area contributed by atoms with Gasteiger partial charge in [-0.05, 0) is 6.92 Å². The summed E-state index contributed by atoms with van der Waals surface area (Å²) in [5.74, 6) is 0.934. The van der Waals surface area contributed by atoms with Crippen LogP contribution in [0.5, 0.6) is 0 Å². The van der Waals surface area contributed by atoms with E-state index in [2.05, 4.69) is 4.74 Å². The topological polar surface area (TPSA) is 44.8 Å². The van der Waals surface area contributed by atoms with Crippen molar-refractivity contribution in [3.63, 3.8) is 0 Å². The maximum Gasteiger partial charge on any atom is 0.298 e. The van der Waals surface area contributed by atoms with Crippen LogP contribution in [0.25, 0.3) is 0 Å². The number of hydrogen-bond donors (Lipinski definition) is 0.